The van der Waals surface area contributed by atoms with Gasteiger partial charge >= 0.3 is 13.6 Å². The van der Waals surface area contributed by atoms with Gasteiger partial charge in [-0.25, -0.2) is 14.1 Å². The van der Waals surface area contributed by atoms with Crippen LogP contribution in [0.2, 0.25) is 0 Å². The van der Waals surface area contributed by atoms with E-state index in [0.29, 0.717) is 26.2 Å². The molecule has 0 aliphatic carbocycles. The fourth-order valence-corrected chi connectivity index (χ4v) is 5.63. The third-order valence-electron chi connectivity index (χ3n) is 4.13. The number of benzene rings is 1. The van der Waals surface area contributed by atoms with Crippen LogP contribution in [0.5, 0.6) is 0 Å². The van der Waals surface area contributed by atoms with Crippen molar-refractivity contribution in [2.45, 2.75) is 33.2 Å². The summed E-state index contributed by atoms with van der Waals surface area (Å²) in [5.74, 6) is -0.387. The molecule has 0 N–H and O–H groups in total. The first kappa shape index (κ1) is 19.1. The predicted octanol–water partition coefficient (Wildman–Crippen LogP) is 3.46. The molecule has 0 unspecified atom stereocenters. The second-order valence-electron chi connectivity index (χ2n) is 5.54. The Labute approximate surface area is 144 Å². The molecule has 1 saturated heterocycles. The van der Waals surface area contributed by atoms with Crippen molar-refractivity contribution in [2.24, 2.45) is 0 Å². The van der Waals surface area contributed by atoms with Gasteiger partial charge in [0.1, 0.15) is 6.04 Å². The zero-order chi connectivity index (χ0) is 17.6. The molecule has 2 rings (SSSR count). The summed E-state index contributed by atoms with van der Waals surface area (Å²) < 4.78 is 28.2. The van der Waals surface area contributed by atoms with Gasteiger partial charge in [-0.2, -0.15) is 0 Å². The van der Waals surface area contributed by atoms with Crippen molar-refractivity contribution in [1.82, 2.24) is 9.34 Å². The summed E-state index contributed by atoms with van der Waals surface area (Å²) in [5, 5.41) is 0. The van der Waals surface area contributed by atoms with Crippen LogP contribution in [0.15, 0.2) is 30.3 Å². The molecule has 1 aliphatic rings. The van der Waals surface area contributed by atoms with Crippen molar-refractivity contribution in [3.63, 3.8) is 0 Å². The Balaban J connectivity index is 2.45. The molecule has 1 aliphatic heterocycles. The van der Waals surface area contributed by atoms with Crippen LogP contribution in [-0.4, -0.2) is 48.2 Å². The lowest BCUT2D eigenvalue weighted by Gasteiger charge is -2.43. The SMILES string of the molecule is CCOC(=O)[C@H](c1ccccc1)N1CCCO[P@]1(=O)N(CC)CC. The summed E-state index contributed by atoms with van der Waals surface area (Å²) in [6.07, 6.45) is 0.730. The van der Waals surface area contributed by atoms with Gasteiger partial charge < -0.3 is 9.26 Å². The molecule has 1 aromatic rings. The highest BCUT2D eigenvalue weighted by molar-refractivity contribution is 7.54. The average Bonchev–Trinajstić information content (AvgIpc) is 2.59. The third-order valence-corrected chi connectivity index (χ3v) is 7.01. The molecule has 0 amide bonds. The fraction of sp³-hybridized carbons (Fsp3) is 0.588. The van der Waals surface area contributed by atoms with E-state index in [0.717, 1.165) is 12.0 Å². The van der Waals surface area contributed by atoms with E-state index in [1.165, 1.54) is 0 Å². The molecule has 1 fully saturated rings. The Morgan fingerprint density at radius 2 is 1.96 bits per heavy atom. The van der Waals surface area contributed by atoms with Gasteiger partial charge in [-0.1, -0.05) is 44.2 Å². The lowest BCUT2D eigenvalue weighted by atomic mass is 10.1. The largest absolute Gasteiger partial charge is 0.465 e. The lowest BCUT2D eigenvalue weighted by molar-refractivity contribution is -0.148. The molecule has 1 aromatic carbocycles. The number of esters is 1. The molecule has 0 bridgehead atoms. The molecule has 1 heterocycles. The summed E-state index contributed by atoms with van der Waals surface area (Å²) in [4.78, 5) is 12.7. The van der Waals surface area contributed by atoms with Crippen LogP contribution in [0.4, 0.5) is 0 Å². The van der Waals surface area contributed by atoms with E-state index < -0.39 is 13.7 Å². The van der Waals surface area contributed by atoms with Crippen LogP contribution in [0.1, 0.15) is 38.8 Å². The fourth-order valence-electron chi connectivity index (χ4n) is 3.00. The van der Waals surface area contributed by atoms with E-state index in [4.69, 9.17) is 9.26 Å². The molecular weight excluding hydrogens is 327 g/mol. The molecular formula is C17H27N2O4P. The molecule has 7 heteroatoms. The van der Waals surface area contributed by atoms with Crippen LogP contribution in [0.25, 0.3) is 0 Å². The number of rotatable bonds is 7. The van der Waals surface area contributed by atoms with Crippen molar-refractivity contribution >= 4 is 13.6 Å². The van der Waals surface area contributed by atoms with Crippen molar-refractivity contribution in [3.05, 3.63) is 35.9 Å². The zero-order valence-electron chi connectivity index (χ0n) is 14.7. The molecule has 134 valence electrons. The quantitative estimate of drug-likeness (QED) is 0.552. The average molecular weight is 354 g/mol. The first-order valence-corrected chi connectivity index (χ1v) is 10.1. The van der Waals surface area contributed by atoms with Crippen LogP contribution in [-0.2, 0) is 18.6 Å². The van der Waals surface area contributed by atoms with Gasteiger partial charge in [0.2, 0.25) is 0 Å². The standard InChI is InChI=1S/C17H27N2O4P/c1-4-18(5-2)24(21)19(13-10-14-23-24)16(17(20)22-6-3)15-11-8-7-9-12-15/h7-9,11-12,16H,4-6,10,13-14H2,1-3H3/t16-,24+/m0/s1. The van der Waals surface area contributed by atoms with Gasteiger partial charge in [0, 0.05) is 19.6 Å². The number of carbonyl (C=O) groups excluding carboxylic acids is 1. The van der Waals surface area contributed by atoms with Crippen LogP contribution < -0.4 is 0 Å². The van der Waals surface area contributed by atoms with E-state index in [1.807, 2.05) is 44.2 Å². The third kappa shape index (κ3) is 3.89. The maximum Gasteiger partial charge on any atom is 0.347 e. The van der Waals surface area contributed by atoms with Gasteiger partial charge in [-0.15, -0.1) is 0 Å². The smallest absolute Gasteiger partial charge is 0.347 e. The van der Waals surface area contributed by atoms with Crippen molar-refractivity contribution < 1.29 is 18.6 Å². The molecule has 0 aromatic heterocycles. The summed E-state index contributed by atoms with van der Waals surface area (Å²) in [6, 6.07) is 8.63. The number of carbonyl (C=O) groups is 1. The summed E-state index contributed by atoms with van der Waals surface area (Å²) in [5.41, 5.74) is 0.772. The number of ether oxygens (including phenoxy) is 1. The maximum atomic E-state index is 13.7. The van der Waals surface area contributed by atoms with E-state index >= 15 is 0 Å². The molecule has 0 spiro atoms. The van der Waals surface area contributed by atoms with Crippen LogP contribution >= 0.6 is 7.67 Å². The first-order chi connectivity index (χ1) is 11.6. The summed E-state index contributed by atoms with van der Waals surface area (Å²) in [6.45, 7) is 8.11. The van der Waals surface area contributed by atoms with E-state index in [2.05, 4.69) is 0 Å². The Hall–Kier alpha value is -1.20. The minimum absolute atomic E-state index is 0.284. The number of hydrogen-bond donors (Lipinski definition) is 0. The normalized spacial score (nSPS) is 23.2. The lowest BCUT2D eigenvalue weighted by Crippen LogP contribution is -2.42. The number of hydrogen-bond acceptors (Lipinski definition) is 4. The minimum atomic E-state index is -3.27. The second-order valence-corrected chi connectivity index (χ2v) is 7.86. The van der Waals surface area contributed by atoms with Gasteiger partial charge in [0.15, 0.2) is 0 Å². The molecule has 6 nitrogen and oxygen atoms in total. The molecule has 0 saturated carbocycles. The summed E-state index contributed by atoms with van der Waals surface area (Å²) >= 11 is 0. The predicted molar refractivity (Wildman–Crippen MR) is 93.6 cm³/mol. The molecule has 24 heavy (non-hydrogen) atoms. The Bertz CT molecular complexity index is 577. The Morgan fingerprint density at radius 1 is 1.29 bits per heavy atom. The van der Waals surface area contributed by atoms with E-state index in [-0.39, 0.29) is 12.6 Å². The first-order valence-electron chi connectivity index (χ1n) is 8.57. The van der Waals surface area contributed by atoms with E-state index in [9.17, 15) is 9.36 Å². The van der Waals surface area contributed by atoms with Crippen molar-refractivity contribution in [2.75, 3.05) is 32.8 Å². The highest BCUT2D eigenvalue weighted by Gasteiger charge is 2.46. The zero-order valence-corrected chi connectivity index (χ0v) is 15.6. The van der Waals surface area contributed by atoms with Gasteiger partial charge in [-0.05, 0) is 18.9 Å². The summed E-state index contributed by atoms with van der Waals surface area (Å²) in [7, 11) is -3.27. The molecule has 2 atom stereocenters. The number of nitrogens with zero attached hydrogens (tertiary/aromatic N) is 2. The highest BCUT2D eigenvalue weighted by atomic mass is 31.2. The Kier molecular flexibility index (Phi) is 6.99. The van der Waals surface area contributed by atoms with Gasteiger partial charge in [-0.3, -0.25) is 4.57 Å². The highest BCUT2D eigenvalue weighted by Crippen LogP contribution is 2.59. The van der Waals surface area contributed by atoms with Crippen LogP contribution in [0, 0.1) is 0 Å². The van der Waals surface area contributed by atoms with Crippen LogP contribution in [0.3, 0.4) is 0 Å². The van der Waals surface area contributed by atoms with Crippen molar-refractivity contribution in [3.8, 4) is 0 Å². The van der Waals surface area contributed by atoms with E-state index in [1.54, 1.807) is 16.3 Å². The monoisotopic (exact) mass is 354 g/mol. The Morgan fingerprint density at radius 3 is 2.54 bits per heavy atom. The van der Waals surface area contributed by atoms with Gasteiger partial charge in [0.25, 0.3) is 0 Å². The minimum Gasteiger partial charge on any atom is -0.465 e. The maximum absolute atomic E-state index is 13.7. The van der Waals surface area contributed by atoms with Gasteiger partial charge in [0.05, 0.1) is 13.2 Å². The second kappa shape index (κ2) is 8.77. The topological polar surface area (TPSA) is 59.1 Å². The molecule has 0 radical (unpaired) electrons. The van der Waals surface area contributed by atoms with Crippen molar-refractivity contribution in [1.29, 1.82) is 0 Å².